The molecule has 0 spiro atoms. The van der Waals surface area contributed by atoms with Gasteiger partial charge in [0.25, 0.3) is 0 Å². The Balaban J connectivity index is 1.40. The van der Waals surface area contributed by atoms with Gasteiger partial charge in [-0.3, -0.25) is 9.69 Å². The van der Waals surface area contributed by atoms with Crippen LogP contribution in [0.2, 0.25) is 0 Å². The summed E-state index contributed by atoms with van der Waals surface area (Å²) in [5, 5.41) is 19.8. The number of carbonyl (C=O) groups is 1. The van der Waals surface area contributed by atoms with E-state index in [-0.39, 0.29) is 34.3 Å². The Kier molecular flexibility index (Phi) is 10.1. The van der Waals surface area contributed by atoms with Crippen molar-refractivity contribution in [2.75, 3.05) is 26.3 Å². The van der Waals surface area contributed by atoms with Gasteiger partial charge in [-0.1, -0.05) is 42.5 Å². The van der Waals surface area contributed by atoms with Crippen LogP contribution in [0.3, 0.4) is 0 Å². The highest BCUT2D eigenvalue weighted by Crippen LogP contribution is 2.36. The molecule has 1 saturated carbocycles. The van der Waals surface area contributed by atoms with E-state index in [9.17, 15) is 18.3 Å². The molecule has 4 atom stereocenters. The number of aliphatic carboxylic acids is 1. The molecule has 4 rings (SSSR count). The smallest absolute Gasteiger partial charge is 0.303 e. The monoisotopic (exact) mass is 543 g/mol. The first-order valence-electron chi connectivity index (χ1n) is 13.2. The first-order chi connectivity index (χ1) is 18.4. The average molecular weight is 544 g/mol. The molecule has 0 amide bonds. The molecule has 206 valence electrons. The summed E-state index contributed by atoms with van der Waals surface area (Å²) in [5.74, 6) is -0.708. The number of carboxylic acids is 1. The van der Waals surface area contributed by atoms with Crippen LogP contribution in [-0.4, -0.2) is 74.1 Å². The maximum Gasteiger partial charge on any atom is 0.303 e. The summed E-state index contributed by atoms with van der Waals surface area (Å²) in [5.41, 5.74) is 0.865. The Labute approximate surface area is 224 Å². The lowest BCUT2D eigenvalue weighted by atomic mass is 9.94. The second-order valence-electron chi connectivity index (χ2n) is 9.91. The molecule has 1 aliphatic carbocycles. The second-order valence-corrected chi connectivity index (χ2v) is 11.9. The lowest BCUT2D eigenvalue weighted by molar-refractivity contribution is -0.137. The lowest BCUT2D eigenvalue weighted by Crippen LogP contribution is -2.50. The summed E-state index contributed by atoms with van der Waals surface area (Å²) in [6, 6.07) is 15.1. The van der Waals surface area contributed by atoms with Crippen LogP contribution >= 0.6 is 0 Å². The molecule has 2 aromatic carbocycles. The molecule has 2 aliphatic rings. The Morgan fingerprint density at radius 2 is 1.71 bits per heavy atom. The molecule has 0 radical (unpaired) electrons. The van der Waals surface area contributed by atoms with Crippen LogP contribution in [0.25, 0.3) is 0 Å². The number of nitrogens with zero attached hydrogens (tertiary/aromatic N) is 1. The second kappa shape index (κ2) is 13.5. The Hall–Kier alpha value is -2.56. The quantitative estimate of drug-likeness (QED) is 0.308. The van der Waals surface area contributed by atoms with Crippen molar-refractivity contribution in [3.05, 3.63) is 72.3 Å². The summed E-state index contributed by atoms with van der Waals surface area (Å²) in [6.45, 7) is 3.14. The summed E-state index contributed by atoms with van der Waals surface area (Å²) < 4.78 is 37.6. The minimum absolute atomic E-state index is 0.0361. The van der Waals surface area contributed by atoms with E-state index in [0.29, 0.717) is 39.1 Å². The first-order valence-corrected chi connectivity index (χ1v) is 14.7. The number of rotatable bonds is 12. The largest absolute Gasteiger partial charge is 0.481 e. The molecule has 1 aliphatic heterocycles. The number of aliphatic hydroxyl groups is 1. The highest BCUT2D eigenvalue weighted by atomic mass is 32.2. The number of ether oxygens (including phenoxy) is 2. The molecule has 2 N–H and O–H groups in total. The molecule has 9 heteroatoms. The van der Waals surface area contributed by atoms with Crippen LogP contribution in [0, 0.1) is 5.92 Å². The van der Waals surface area contributed by atoms with E-state index in [2.05, 4.69) is 11.0 Å². The van der Waals surface area contributed by atoms with E-state index in [0.717, 1.165) is 25.1 Å². The van der Waals surface area contributed by atoms with Gasteiger partial charge in [0, 0.05) is 37.9 Å². The van der Waals surface area contributed by atoms with E-state index in [1.54, 1.807) is 54.6 Å². The third-order valence-corrected chi connectivity index (χ3v) is 9.12. The first kappa shape index (κ1) is 28.4. The van der Waals surface area contributed by atoms with Crippen LogP contribution in [-0.2, 0) is 30.7 Å². The van der Waals surface area contributed by atoms with Gasteiger partial charge in [-0.05, 0) is 49.1 Å². The number of allylic oxidation sites excluding steroid dienone is 2. The highest BCUT2D eigenvalue weighted by molar-refractivity contribution is 7.91. The number of sulfone groups is 1. The van der Waals surface area contributed by atoms with Crippen molar-refractivity contribution in [1.29, 1.82) is 0 Å². The highest BCUT2D eigenvalue weighted by Gasteiger charge is 2.45. The third kappa shape index (κ3) is 7.30. The zero-order chi connectivity index (χ0) is 27.0. The van der Waals surface area contributed by atoms with E-state index >= 15 is 0 Å². The predicted octanol–water partition coefficient (Wildman–Crippen LogP) is 3.69. The zero-order valence-electron chi connectivity index (χ0n) is 21.5. The molecule has 0 unspecified atom stereocenters. The fourth-order valence-corrected chi connectivity index (χ4v) is 6.66. The summed E-state index contributed by atoms with van der Waals surface area (Å²) in [4.78, 5) is 13.5. The van der Waals surface area contributed by atoms with E-state index in [4.69, 9.17) is 14.6 Å². The Bertz CT molecular complexity index is 1160. The SMILES string of the molecule is O=C(O)CCCC=CC[C@@H]1[C@@H](N2CCOCC2)[C@H](O)C[C@@H]1OCc1ccc(S(=O)(=O)c2ccccc2)cc1. The summed E-state index contributed by atoms with van der Waals surface area (Å²) in [6.07, 6.45) is 6.14. The van der Waals surface area contributed by atoms with E-state index < -0.39 is 21.9 Å². The number of hydrogen-bond acceptors (Lipinski definition) is 7. The number of carboxylic acid groups (broad SMARTS) is 1. The molecular weight excluding hydrogens is 506 g/mol. The van der Waals surface area contributed by atoms with E-state index in [1.165, 1.54) is 0 Å². The van der Waals surface area contributed by atoms with Crippen molar-refractivity contribution in [2.24, 2.45) is 5.92 Å². The molecule has 0 bridgehead atoms. The molecule has 38 heavy (non-hydrogen) atoms. The van der Waals surface area contributed by atoms with Crippen LogP contribution < -0.4 is 0 Å². The van der Waals surface area contributed by atoms with Crippen LogP contribution in [0.5, 0.6) is 0 Å². The van der Waals surface area contributed by atoms with Gasteiger partial charge in [0.15, 0.2) is 0 Å². The average Bonchev–Trinajstić information content (AvgIpc) is 3.25. The normalized spacial score (nSPS) is 24.7. The summed E-state index contributed by atoms with van der Waals surface area (Å²) >= 11 is 0. The van der Waals surface area contributed by atoms with Gasteiger partial charge in [-0.25, -0.2) is 8.42 Å². The van der Waals surface area contributed by atoms with Crippen LogP contribution in [0.4, 0.5) is 0 Å². The molecule has 1 heterocycles. The van der Waals surface area contributed by atoms with Gasteiger partial charge in [-0.15, -0.1) is 0 Å². The van der Waals surface area contributed by atoms with Crippen molar-refractivity contribution < 1.29 is 32.9 Å². The van der Waals surface area contributed by atoms with Crippen LogP contribution in [0.15, 0.2) is 76.5 Å². The number of aliphatic hydroxyl groups excluding tert-OH is 1. The molecule has 8 nitrogen and oxygen atoms in total. The Morgan fingerprint density at radius 1 is 1.03 bits per heavy atom. The van der Waals surface area contributed by atoms with Crippen molar-refractivity contribution in [1.82, 2.24) is 4.90 Å². The molecule has 2 fully saturated rings. The lowest BCUT2D eigenvalue weighted by Gasteiger charge is -2.37. The number of hydrogen-bond donors (Lipinski definition) is 2. The third-order valence-electron chi connectivity index (χ3n) is 7.34. The topological polar surface area (TPSA) is 113 Å². The van der Waals surface area contributed by atoms with Gasteiger partial charge in [-0.2, -0.15) is 0 Å². The standard InChI is InChI=1S/C29H37NO7S/c31-26-20-27(25(10-6-1-2-7-11-28(32)33)29(26)30-16-18-36-19-17-30)37-21-22-12-14-24(15-13-22)38(34,35)23-8-4-3-5-9-23/h1,3-6,8-9,12-15,25-27,29,31H,2,7,10-11,16-21H2,(H,32,33)/t25-,26+,27-,29+/m0/s1. The maximum absolute atomic E-state index is 12.9. The molecule has 2 aromatic rings. The number of morpholine rings is 1. The van der Waals surface area contributed by atoms with Gasteiger partial charge < -0.3 is 19.7 Å². The fourth-order valence-electron chi connectivity index (χ4n) is 5.38. The number of unbranched alkanes of at least 4 members (excludes halogenated alkanes) is 1. The van der Waals surface area contributed by atoms with Crippen molar-refractivity contribution in [2.45, 2.75) is 66.8 Å². The minimum Gasteiger partial charge on any atom is -0.481 e. The number of benzene rings is 2. The van der Waals surface area contributed by atoms with E-state index in [1.807, 2.05) is 6.08 Å². The molecular formula is C29H37NO7S. The molecule has 1 saturated heterocycles. The van der Waals surface area contributed by atoms with Crippen LogP contribution in [0.1, 0.15) is 37.7 Å². The van der Waals surface area contributed by atoms with Gasteiger partial charge in [0.05, 0.1) is 41.8 Å². The zero-order valence-corrected chi connectivity index (χ0v) is 22.3. The van der Waals surface area contributed by atoms with Crippen molar-refractivity contribution in [3.8, 4) is 0 Å². The van der Waals surface area contributed by atoms with Crippen molar-refractivity contribution in [3.63, 3.8) is 0 Å². The van der Waals surface area contributed by atoms with Gasteiger partial charge >= 0.3 is 5.97 Å². The molecule has 0 aromatic heterocycles. The van der Waals surface area contributed by atoms with Crippen molar-refractivity contribution >= 4 is 15.8 Å². The van der Waals surface area contributed by atoms with Gasteiger partial charge in [0.1, 0.15) is 0 Å². The predicted molar refractivity (Wildman–Crippen MR) is 142 cm³/mol. The summed E-state index contributed by atoms with van der Waals surface area (Å²) in [7, 11) is -3.57. The van der Waals surface area contributed by atoms with Gasteiger partial charge in [0.2, 0.25) is 9.84 Å². The Morgan fingerprint density at radius 3 is 2.39 bits per heavy atom. The maximum atomic E-state index is 12.9. The fraction of sp³-hybridized carbons (Fsp3) is 0.483. The minimum atomic E-state index is -3.57.